The summed E-state index contributed by atoms with van der Waals surface area (Å²) < 4.78 is 53.9. The van der Waals surface area contributed by atoms with Gasteiger partial charge in [-0.3, -0.25) is 4.79 Å². The highest BCUT2D eigenvalue weighted by molar-refractivity contribution is 7.89. The number of amides is 1. The molecule has 1 aliphatic heterocycles. The molecule has 3 rings (SSSR count). The zero-order valence-corrected chi connectivity index (χ0v) is 17.0. The van der Waals surface area contributed by atoms with Crippen LogP contribution >= 0.6 is 0 Å². The van der Waals surface area contributed by atoms with Crippen LogP contribution in [0, 0.1) is 11.6 Å². The lowest BCUT2D eigenvalue weighted by molar-refractivity contribution is -0.134. The van der Waals surface area contributed by atoms with Gasteiger partial charge in [0.05, 0.1) is 5.92 Å². The smallest absolute Gasteiger partial charge is 0.246 e. The molecule has 1 aliphatic rings. The van der Waals surface area contributed by atoms with Crippen LogP contribution in [0.5, 0.6) is 0 Å². The van der Waals surface area contributed by atoms with Crippen molar-refractivity contribution in [2.45, 2.75) is 30.6 Å². The first-order valence-electron chi connectivity index (χ1n) is 9.63. The number of benzene rings is 2. The van der Waals surface area contributed by atoms with Crippen LogP contribution in [-0.2, 0) is 14.8 Å². The highest BCUT2D eigenvalue weighted by Crippen LogP contribution is 2.26. The van der Waals surface area contributed by atoms with Crippen LogP contribution in [-0.4, -0.2) is 49.7 Å². The van der Waals surface area contributed by atoms with Crippen molar-refractivity contribution in [2.24, 2.45) is 0 Å². The van der Waals surface area contributed by atoms with E-state index in [1.165, 1.54) is 0 Å². The molecule has 0 spiro atoms. The fourth-order valence-electron chi connectivity index (χ4n) is 3.59. The van der Waals surface area contributed by atoms with Crippen molar-refractivity contribution in [3.05, 3.63) is 65.7 Å². The molecule has 0 aliphatic carbocycles. The minimum atomic E-state index is -4.17. The Morgan fingerprint density at radius 3 is 2.31 bits per heavy atom. The standard InChI is InChI=1S/C21H24F2N2O3S/c1-2-6-18(16-7-4-3-5-8-16)21(26)24-11-13-25(14-12-24)29(27,28)20-15-17(22)9-10-19(20)23/h3-5,7-10,15,18H,2,6,11-14H2,1H3. The molecule has 0 bridgehead atoms. The summed E-state index contributed by atoms with van der Waals surface area (Å²) in [5, 5.41) is 0. The Labute approximate surface area is 170 Å². The van der Waals surface area contributed by atoms with Crippen LogP contribution in [0.1, 0.15) is 31.2 Å². The van der Waals surface area contributed by atoms with Crippen molar-refractivity contribution in [3.63, 3.8) is 0 Å². The number of sulfonamides is 1. The highest BCUT2D eigenvalue weighted by Gasteiger charge is 2.34. The summed E-state index contributed by atoms with van der Waals surface area (Å²) in [7, 11) is -4.17. The zero-order valence-electron chi connectivity index (χ0n) is 16.2. The molecule has 0 aromatic heterocycles. The first-order chi connectivity index (χ1) is 13.8. The third kappa shape index (κ3) is 4.64. The summed E-state index contributed by atoms with van der Waals surface area (Å²) in [6, 6.07) is 11.9. The molecule has 0 N–H and O–H groups in total. The molecule has 1 atom stereocenters. The van der Waals surface area contributed by atoms with Gasteiger partial charge in [0, 0.05) is 26.2 Å². The van der Waals surface area contributed by atoms with Gasteiger partial charge in [0.15, 0.2) is 0 Å². The molecule has 1 saturated heterocycles. The minimum absolute atomic E-state index is 0.0352. The van der Waals surface area contributed by atoms with Crippen molar-refractivity contribution in [2.75, 3.05) is 26.2 Å². The Balaban J connectivity index is 1.72. The van der Waals surface area contributed by atoms with Crippen molar-refractivity contribution >= 4 is 15.9 Å². The maximum Gasteiger partial charge on any atom is 0.246 e. The number of carbonyl (C=O) groups excluding carboxylic acids is 1. The van der Waals surface area contributed by atoms with Crippen LogP contribution in [0.15, 0.2) is 53.4 Å². The van der Waals surface area contributed by atoms with Crippen LogP contribution in [0.25, 0.3) is 0 Å². The van der Waals surface area contributed by atoms with E-state index in [1.54, 1.807) is 4.90 Å². The van der Waals surface area contributed by atoms with E-state index in [4.69, 9.17) is 0 Å². The average molecular weight is 422 g/mol. The van der Waals surface area contributed by atoms with Gasteiger partial charge in [-0.05, 0) is 30.2 Å². The quantitative estimate of drug-likeness (QED) is 0.717. The van der Waals surface area contributed by atoms with Gasteiger partial charge in [0.2, 0.25) is 15.9 Å². The predicted octanol–water partition coefficient (Wildman–Crippen LogP) is 3.38. The molecule has 2 aromatic rings. The fourth-order valence-corrected chi connectivity index (χ4v) is 5.09. The number of piperazine rings is 1. The molecule has 5 nitrogen and oxygen atoms in total. The van der Waals surface area contributed by atoms with E-state index in [-0.39, 0.29) is 38.0 Å². The summed E-state index contributed by atoms with van der Waals surface area (Å²) in [4.78, 5) is 14.0. The van der Waals surface area contributed by atoms with Crippen molar-refractivity contribution in [3.8, 4) is 0 Å². The number of rotatable bonds is 6. The van der Waals surface area contributed by atoms with Gasteiger partial charge in [-0.15, -0.1) is 0 Å². The number of carbonyl (C=O) groups is 1. The first-order valence-corrected chi connectivity index (χ1v) is 11.1. The molecular weight excluding hydrogens is 398 g/mol. The monoisotopic (exact) mass is 422 g/mol. The molecule has 1 fully saturated rings. The Morgan fingerprint density at radius 2 is 1.69 bits per heavy atom. The van der Waals surface area contributed by atoms with Gasteiger partial charge >= 0.3 is 0 Å². The lowest BCUT2D eigenvalue weighted by atomic mass is 9.93. The third-order valence-electron chi connectivity index (χ3n) is 5.14. The third-order valence-corrected chi connectivity index (χ3v) is 7.05. The number of halogens is 2. The second-order valence-electron chi connectivity index (χ2n) is 7.06. The van der Waals surface area contributed by atoms with Gasteiger partial charge in [-0.25, -0.2) is 17.2 Å². The average Bonchev–Trinajstić information content (AvgIpc) is 2.74. The summed E-state index contributed by atoms with van der Waals surface area (Å²) >= 11 is 0. The Kier molecular flexibility index (Phi) is 6.64. The molecule has 0 saturated carbocycles. The topological polar surface area (TPSA) is 57.7 Å². The second kappa shape index (κ2) is 9.00. The van der Waals surface area contributed by atoms with E-state index in [0.29, 0.717) is 12.5 Å². The number of hydrogen-bond acceptors (Lipinski definition) is 3. The molecule has 156 valence electrons. The van der Waals surface area contributed by atoms with E-state index in [1.807, 2.05) is 37.3 Å². The lowest BCUT2D eigenvalue weighted by Crippen LogP contribution is -2.51. The summed E-state index contributed by atoms with van der Waals surface area (Å²) in [6.45, 7) is 2.51. The van der Waals surface area contributed by atoms with Gasteiger partial charge < -0.3 is 4.90 Å². The van der Waals surface area contributed by atoms with E-state index in [0.717, 1.165) is 28.4 Å². The summed E-state index contributed by atoms with van der Waals surface area (Å²) in [6.07, 6.45) is 1.55. The maximum atomic E-state index is 14.0. The molecule has 1 unspecified atom stereocenters. The van der Waals surface area contributed by atoms with E-state index in [9.17, 15) is 22.0 Å². The lowest BCUT2D eigenvalue weighted by Gasteiger charge is -2.36. The molecule has 1 heterocycles. The molecule has 8 heteroatoms. The molecule has 2 aromatic carbocycles. The number of nitrogens with zero attached hydrogens (tertiary/aromatic N) is 2. The highest BCUT2D eigenvalue weighted by atomic mass is 32.2. The molecule has 1 amide bonds. The van der Waals surface area contributed by atoms with Crippen LogP contribution in [0.2, 0.25) is 0 Å². The minimum Gasteiger partial charge on any atom is -0.340 e. The van der Waals surface area contributed by atoms with Crippen molar-refractivity contribution in [1.29, 1.82) is 0 Å². The predicted molar refractivity (Wildman–Crippen MR) is 106 cm³/mol. The zero-order chi connectivity index (χ0) is 21.0. The molecular formula is C21H24F2N2O3S. The second-order valence-corrected chi connectivity index (χ2v) is 8.96. The normalized spacial score (nSPS) is 16.6. The SMILES string of the molecule is CCCC(C(=O)N1CCN(S(=O)(=O)c2cc(F)ccc2F)CC1)c1ccccc1. The largest absolute Gasteiger partial charge is 0.340 e. The Morgan fingerprint density at radius 1 is 1.03 bits per heavy atom. The van der Waals surface area contributed by atoms with Crippen LogP contribution in [0.3, 0.4) is 0 Å². The Hall–Kier alpha value is -2.32. The fraction of sp³-hybridized carbons (Fsp3) is 0.381. The van der Waals surface area contributed by atoms with Crippen LogP contribution < -0.4 is 0 Å². The van der Waals surface area contributed by atoms with Gasteiger partial charge in [-0.1, -0.05) is 43.7 Å². The van der Waals surface area contributed by atoms with Crippen molar-refractivity contribution < 1.29 is 22.0 Å². The molecule has 0 radical (unpaired) electrons. The van der Waals surface area contributed by atoms with Gasteiger partial charge in [0.1, 0.15) is 16.5 Å². The maximum absolute atomic E-state index is 14.0. The Bertz CT molecular complexity index is 959. The van der Waals surface area contributed by atoms with Gasteiger partial charge in [0.25, 0.3) is 0 Å². The molecule has 29 heavy (non-hydrogen) atoms. The summed E-state index contributed by atoms with van der Waals surface area (Å²) in [5.41, 5.74) is 0.941. The van der Waals surface area contributed by atoms with E-state index >= 15 is 0 Å². The first kappa shape index (κ1) is 21.4. The summed E-state index contributed by atoms with van der Waals surface area (Å²) in [5.74, 6) is -2.11. The van der Waals surface area contributed by atoms with Crippen molar-refractivity contribution in [1.82, 2.24) is 9.21 Å². The van der Waals surface area contributed by atoms with Gasteiger partial charge in [-0.2, -0.15) is 4.31 Å². The van der Waals surface area contributed by atoms with Crippen LogP contribution in [0.4, 0.5) is 8.78 Å². The number of hydrogen-bond donors (Lipinski definition) is 0. The van der Waals surface area contributed by atoms with E-state index < -0.39 is 26.6 Å². The van der Waals surface area contributed by atoms with E-state index in [2.05, 4.69) is 0 Å².